The minimum Gasteiger partial charge on any atom is -0.496 e. The highest BCUT2D eigenvalue weighted by molar-refractivity contribution is 5.97. The Morgan fingerprint density at radius 1 is 0.933 bits per heavy atom. The summed E-state index contributed by atoms with van der Waals surface area (Å²) in [4.78, 5) is 26.5. The quantitative estimate of drug-likeness (QED) is 0.666. The summed E-state index contributed by atoms with van der Waals surface area (Å²) in [6.45, 7) is 6.79. The van der Waals surface area contributed by atoms with Crippen molar-refractivity contribution in [3.05, 3.63) is 71.4 Å². The van der Waals surface area contributed by atoms with Crippen LogP contribution in [-0.4, -0.2) is 54.1 Å². The Kier molecular flexibility index (Phi) is 5.65. The van der Waals surface area contributed by atoms with E-state index in [0.29, 0.717) is 24.4 Å². The Balaban J connectivity index is 1.50. The first-order valence-electron chi connectivity index (χ1n) is 10.1. The number of para-hydroxylation sites is 1. The molecule has 2 aromatic carbocycles. The van der Waals surface area contributed by atoms with Crippen molar-refractivity contribution in [2.45, 2.75) is 13.8 Å². The zero-order valence-electron chi connectivity index (χ0n) is 17.6. The lowest BCUT2D eigenvalue weighted by atomic mass is 10.1. The summed E-state index contributed by atoms with van der Waals surface area (Å²) in [7, 11) is 1.59. The maximum absolute atomic E-state index is 12.9. The molecule has 2 heterocycles. The van der Waals surface area contributed by atoms with Gasteiger partial charge in [-0.1, -0.05) is 35.9 Å². The molecule has 0 aliphatic carbocycles. The highest BCUT2D eigenvalue weighted by Gasteiger charge is 2.25. The van der Waals surface area contributed by atoms with Crippen LogP contribution < -0.4 is 9.64 Å². The smallest absolute Gasteiger partial charge is 0.257 e. The SMILES string of the molecule is COc1ccccc1C(=O)N1CCN(c2cc(C)nc(-c3cccc(C)c3)n2)CC1. The van der Waals surface area contributed by atoms with E-state index in [2.05, 4.69) is 28.9 Å². The van der Waals surface area contributed by atoms with E-state index in [0.717, 1.165) is 36.0 Å². The summed E-state index contributed by atoms with van der Waals surface area (Å²) in [5.41, 5.74) is 3.74. The van der Waals surface area contributed by atoms with Crippen molar-refractivity contribution in [1.29, 1.82) is 0 Å². The first-order chi connectivity index (χ1) is 14.5. The number of aromatic nitrogens is 2. The number of nitrogens with zero attached hydrogens (tertiary/aromatic N) is 4. The molecule has 0 atom stereocenters. The average molecular weight is 402 g/mol. The molecule has 1 aromatic heterocycles. The molecule has 30 heavy (non-hydrogen) atoms. The van der Waals surface area contributed by atoms with E-state index in [1.54, 1.807) is 7.11 Å². The molecule has 1 aliphatic heterocycles. The van der Waals surface area contributed by atoms with Gasteiger partial charge in [0, 0.05) is 43.5 Å². The first-order valence-corrected chi connectivity index (χ1v) is 10.1. The molecule has 1 amide bonds. The molecule has 4 rings (SSSR count). The van der Waals surface area contributed by atoms with Crippen molar-refractivity contribution in [3.63, 3.8) is 0 Å². The van der Waals surface area contributed by atoms with Crippen molar-refractivity contribution >= 4 is 11.7 Å². The lowest BCUT2D eigenvalue weighted by Gasteiger charge is -2.35. The molecule has 3 aromatic rings. The molecule has 0 N–H and O–H groups in total. The summed E-state index contributed by atoms with van der Waals surface area (Å²) < 4.78 is 5.35. The lowest BCUT2D eigenvalue weighted by Crippen LogP contribution is -2.49. The fourth-order valence-electron chi connectivity index (χ4n) is 3.76. The maximum Gasteiger partial charge on any atom is 0.257 e. The summed E-state index contributed by atoms with van der Waals surface area (Å²) in [6, 6.07) is 17.6. The van der Waals surface area contributed by atoms with Gasteiger partial charge in [-0.05, 0) is 32.0 Å². The molecule has 1 fully saturated rings. The van der Waals surface area contributed by atoms with Gasteiger partial charge in [0.05, 0.1) is 12.7 Å². The van der Waals surface area contributed by atoms with Gasteiger partial charge in [-0.2, -0.15) is 0 Å². The molecule has 0 radical (unpaired) electrons. The van der Waals surface area contributed by atoms with Crippen LogP contribution in [0.3, 0.4) is 0 Å². The van der Waals surface area contributed by atoms with Crippen LogP contribution in [0.1, 0.15) is 21.6 Å². The number of rotatable bonds is 4. The molecule has 0 unspecified atom stereocenters. The van der Waals surface area contributed by atoms with Crippen LogP contribution in [0.2, 0.25) is 0 Å². The highest BCUT2D eigenvalue weighted by atomic mass is 16.5. The molecular formula is C24H26N4O2. The number of benzene rings is 2. The van der Waals surface area contributed by atoms with Gasteiger partial charge in [-0.15, -0.1) is 0 Å². The Morgan fingerprint density at radius 3 is 2.43 bits per heavy atom. The number of carbonyl (C=O) groups is 1. The van der Waals surface area contributed by atoms with E-state index in [4.69, 9.17) is 9.72 Å². The number of amides is 1. The van der Waals surface area contributed by atoms with Crippen LogP contribution in [-0.2, 0) is 0 Å². The van der Waals surface area contributed by atoms with Crippen molar-refractivity contribution in [1.82, 2.24) is 14.9 Å². The second kappa shape index (κ2) is 8.53. The normalized spacial score (nSPS) is 14.0. The van der Waals surface area contributed by atoms with Crippen molar-refractivity contribution in [3.8, 4) is 17.1 Å². The number of piperazine rings is 1. The van der Waals surface area contributed by atoms with Crippen LogP contribution >= 0.6 is 0 Å². The van der Waals surface area contributed by atoms with Crippen molar-refractivity contribution in [2.24, 2.45) is 0 Å². The first kappa shape index (κ1) is 19.9. The standard InChI is InChI=1S/C24H26N4O2/c1-17-7-6-8-19(15-17)23-25-18(2)16-22(26-23)27-11-13-28(14-12-27)24(29)20-9-4-5-10-21(20)30-3/h4-10,15-16H,11-14H2,1-3H3. The third-order valence-corrected chi connectivity index (χ3v) is 5.35. The maximum atomic E-state index is 12.9. The van der Waals surface area contributed by atoms with Gasteiger partial charge in [0.1, 0.15) is 11.6 Å². The van der Waals surface area contributed by atoms with E-state index < -0.39 is 0 Å². The van der Waals surface area contributed by atoms with E-state index in [9.17, 15) is 4.79 Å². The van der Waals surface area contributed by atoms with Gasteiger partial charge in [0.25, 0.3) is 5.91 Å². The summed E-state index contributed by atoms with van der Waals surface area (Å²) in [5, 5.41) is 0. The van der Waals surface area contributed by atoms with Gasteiger partial charge in [0.15, 0.2) is 5.82 Å². The van der Waals surface area contributed by atoms with Gasteiger partial charge in [-0.25, -0.2) is 9.97 Å². The number of aryl methyl sites for hydroxylation is 2. The summed E-state index contributed by atoms with van der Waals surface area (Å²) in [6.07, 6.45) is 0. The molecule has 1 aliphatic rings. The van der Waals surface area contributed by atoms with Crippen LogP contribution in [0.4, 0.5) is 5.82 Å². The molecule has 154 valence electrons. The molecule has 6 heteroatoms. The van der Waals surface area contributed by atoms with E-state index in [1.165, 1.54) is 5.56 Å². The molecular weight excluding hydrogens is 376 g/mol. The molecule has 0 spiro atoms. The topological polar surface area (TPSA) is 58.6 Å². The largest absolute Gasteiger partial charge is 0.496 e. The fourth-order valence-corrected chi connectivity index (χ4v) is 3.76. The van der Waals surface area contributed by atoms with Crippen LogP contribution in [0.25, 0.3) is 11.4 Å². The van der Waals surface area contributed by atoms with Gasteiger partial charge < -0.3 is 14.5 Å². The van der Waals surface area contributed by atoms with Crippen molar-refractivity contribution < 1.29 is 9.53 Å². The van der Waals surface area contributed by atoms with E-state index >= 15 is 0 Å². The van der Waals surface area contributed by atoms with Crippen LogP contribution in [0, 0.1) is 13.8 Å². The third kappa shape index (κ3) is 4.13. The minimum atomic E-state index is 0.00594. The highest BCUT2D eigenvalue weighted by Crippen LogP contribution is 2.24. The number of hydrogen-bond donors (Lipinski definition) is 0. The lowest BCUT2D eigenvalue weighted by molar-refractivity contribution is 0.0743. The molecule has 0 bridgehead atoms. The van der Waals surface area contributed by atoms with Crippen LogP contribution in [0.5, 0.6) is 5.75 Å². The van der Waals surface area contributed by atoms with Gasteiger partial charge in [-0.3, -0.25) is 4.79 Å². The van der Waals surface area contributed by atoms with Gasteiger partial charge >= 0.3 is 0 Å². The Morgan fingerprint density at radius 2 is 1.70 bits per heavy atom. The number of carbonyl (C=O) groups excluding carboxylic acids is 1. The number of hydrogen-bond acceptors (Lipinski definition) is 5. The second-order valence-corrected chi connectivity index (χ2v) is 7.54. The zero-order chi connectivity index (χ0) is 21.1. The third-order valence-electron chi connectivity index (χ3n) is 5.35. The fraction of sp³-hybridized carbons (Fsp3) is 0.292. The van der Waals surface area contributed by atoms with E-state index in [-0.39, 0.29) is 5.91 Å². The number of ether oxygens (including phenoxy) is 1. The average Bonchev–Trinajstić information content (AvgIpc) is 2.78. The van der Waals surface area contributed by atoms with Gasteiger partial charge in [0.2, 0.25) is 0 Å². The van der Waals surface area contributed by atoms with Crippen LogP contribution in [0.15, 0.2) is 54.6 Å². The number of methoxy groups -OCH3 is 1. The minimum absolute atomic E-state index is 0.00594. The Bertz CT molecular complexity index is 1060. The molecule has 6 nitrogen and oxygen atoms in total. The monoisotopic (exact) mass is 402 g/mol. The molecule has 0 saturated carbocycles. The predicted molar refractivity (Wildman–Crippen MR) is 118 cm³/mol. The zero-order valence-corrected chi connectivity index (χ0v) is 17.6. The Labute approximate surface area is 177 Å². The summed E-state index contributed by atoms with van der Waals surface area (Å²) >= 11 is 0. The molecule has 1 saturated heterocycles. The summed E-state index contributed by atoms with van der Waals surface area (Å²) in [5.74, 6) is 2.26. The predicted octanol–water partition coefficient (Wildman–Crippen LogP) is 3.73. The second-order valence-electron chi connectivity index (χ2n) is 7.54. The van der Waals surface area contributed by atoms with E-state index in [1.807, 2.05) is 54.3 Å². The number of anilines is 1. The Hall–Kier alpha value is -3.41. The van der Waals surface area contributed by atoms with Crippen molar-refractivity contribution in [2.75, 3.05) is 38.2 Å².